The van der Waals surface area contributed by atoms with Gasteiger partial charge in [-0.2, -0.15) is 5.26 Å². The molecule has 0 radical (unpaired) electrons. The Morgan fingerprint density at radius 3 is 2.04 bits per heavy atom. The van der Waals surface area contributed by atoms with E-state index in [0.717, 1.165) is 34.4 Å². The molecule has 1 aromatic heterocycles. The van der Waals surface area contributed by atoms with E-state index in [0.29, 0.717) is 101 Å². The van der Waals surface area contributed by atoms with Gasteiger partial charge in [0.25, 0.3) is 11.8 Å². The third-order valence-electron chi connectivity index (χ3n) is 11.6. The van der Waals surface area contributed by atoms with Crippen LogP contribution in [0, 0.1) is 17.2 Å². The minimum absolute atomic E-state index is 0.00660. The van der Waals surface area contributed by atoms with Crippen LogP contribution < -0.4 is 5.32 Å². The summed E-state index contributed by atoms with van der Waals surface area (Å²) in [7, 11) is 0. The molecule has 3 saturated heterocycles. The Kier molecular flexibility index (Phi) is 10.4. The van der Waals surface area contributed by atoms with Gasteiger partial charge in [0.1, 0.15) is 6.04 Å². The first-order chi connectivity index (χ1) is 25.2. The SMILES string of the molecule is C=C(CN[C@H](C)CC1(c2nnn[nH]2)c2ccc(C(=O)N3CCOCC3)cc2CCc2cc(C(=O)N3CCOCC3)ccc21)N1C(C#N)C[C@H](C)C1C. The molecule has 52 heavy (non-hydrogen) atoms. The number of ether oxygens (including phenoxy) is 2. The van der Waals surface area contributed by atoms with Gasteiger partial charge in [0.15, 0.2) is 5.82 Å². The number of hydrogen-bond acceptors (Lipinski definition) is 10. The lowest BCUT2D eigenvalue weighted by Gasteiger charge is -2.37. The summed E-state index contributed by atoms with van der Waals surface area (Å²) in [5.74, 6) is 0.983. The number of aromatic nitrogens is 4. The van der Waals surface area contributed by atoms with Gasteiger partial charge in [-0.15, -0.1) is 5.10 Å². The summed E-state index contributed by atoms with van der Waals surface area (Å²) in [5, 5.41) is 29.4. The van der Waals surface area contributed by atoms with Crippen molar-refractivity contribution in [1.29, 1.82) is 5.26 Å². The molecule has 4 heterocycles. The molecule has 2 amide bonds. The van der Waals surface area contributed by atoms with Crippen molar-refractivity contribution in [1.82, 2.24) is 40.6 Å². The first kappa shape index (κ1) is 35.7. The van der Waals surface area contributed by atoms with Crippen molar-refractivity contribution < 1.29 is 19.1 Å². The first-order valence-corrected chi connectivity index (χ1v) is 18.6. The molecule has 13 nitrogen and oxygen atoms in total. The summed E-state index contributed by atoms with van der Waals surface area (Å²) < 4.78 is 11.0. The average Bonchev–Trinajstić information content (AvgIpc) is 3.80. The topological polar surface area (TPSA) is 153 Å². The number of tetrazole rings is 1. The van der Waals surface area contributed by atoms with Crippen molar-refractivity contribution in [2.75, 3.05) is 59.2 Å². The number of nitriles is 1. The number of morpholine rings is 2. The van der Waals surface area contributed by atoms with Crippen molar-refractivity contribution in [3.63, 3.8) is 0 Å². The van der Waals surface area contributed by atoms with E-state index in [9.17, 15) is 14.9 Å². The van der Waals surface area contributed by atoms with Crippen LogP contribution in [0.3, 0.4) is 0 Å². The Bertz CT molecular complexity index is 1750. The number of aromatic amines is 1. The van der Waals surface area contributed by atoms with Crippen molar-refractivity contribution in [2.24, 2.45) is 5.92 Å². The first-order valence-electron chi connectivity index (χ1n) is 18.6. The Balaban J connectivity index is 1.27. The molecule has 4 atom stereocenters. The van der Waals surface area contributed by atoms with Gasteiger partial charge in [-0.05, 0) is 102 Å². The van der Waals surface area contributed by atoms with E-state index in [1.807, 2.05) is 34.1 Å². The Hall–Kier alpha value is -4.64. The molecule has 7 rings (SSSR count). The number of nitrogens with one attached hydrogen (secondary N) is 2. The number of fused-ring (bicyclic) bond motifs is 2. The monoisotopic (exact) mass is 707 g/mol. The molecule has 2 N–H and O–H groups in total. The maximum atomic E-state index is 13.7. The Morgan fingerprint density at radius 2 is 1.54 bits per heavy atom. The van der Waals surface area contributed by atoms with Crippen LogP contribution in [0.1, 0.15) is 82.4 Å². The lowest BCUT2D eigenvalue weighted by Crippen LogP contribution is -2.43. The highest BCUT2D eigenvalue weighted by atomic mass is 16.5. The fraction of sp³-hybridized carbons (Fsp3) is 0.538. The van der Waals surface area contributed by atoms with Gasteiger partial charge in [0.05, 0.1) is 37.9 Å². The summed E-state index contributed by atoms with van der Waals surface area (Å²) in [6.07, 6.45) is 2.74. The highest BCUT2D eigenvalue weighted by Gasteiger charge is 2.46. The number of likely N-dealkylation sites (tertiary alicyclic amines) is 1. The second kappa shape index (κ2) is 15.1. The number of benzene rings is 2. The molecule has 0 bridgehead atoms. The van der Waals surface area contributed by atoms with E-state index in [1.54, 1.807) is 0 Å². The number of nitrogens with zero attached hydrogens (tertiary/aromatic N) is 7. The van der Waals surface area contributed by atoms with Gasteiger partial charge in [0.2, 0.25) is 0 Å². The Labute approximate surface area is 305 Å². The van der Waals surface area contributed by atoms with Crippen LogP contribution in [0.15, 0.2) is 48.7 Å². The predicted molar refractivity (Wildman–Crippen MR) is 194 cm³/mol. The molecule has 0 spiro atoms. The molecule has 1 aliphatic carbocycles. The van der Waals surface area contributed by atoms with Gasteiger partial charge in [-0.1, -0.05) is 25.6 Å². The zero-order chi connectivity index (χ0) is 36.4. The molecular formula is C39H49N9O4. The summed E-state index contributed by atoms with van der Waals surface area (Å²) in [4.78, 5) is 33.3. The van der Waals surface area contributed by atoms with E-state index < -0.39 is 5.41 Å². The third kappa shape index (κ3) is 6.71. The fourth-order valence-electron chi connectivity index (χ4n) is 8.68. The number of H-pyrrole nitrogens is 1. The molecule has 3 fully saturated rings. The Morgan fingerprint density at radius 1 is 0.981 bits per heavy atom. The lowest BCUT2D eigenvalue weighted by molar-refractivity contribution is 0.0301. The van der Waals surface area contributed by atoms with E-state index in [4.69, 9.17) is 9.47 Å². The maximum absolute atomic E-state index is 13.7. The molecule has 13 heteroatoms. The molecule has 3 aliphatic heterocycles. The van der Waals surface area contributed by atoms with E-state index >= 15 is 0 Å². The maximum Gasteiger partial charge on any atom is 0.254 e. The molecule has 0 saturated carbocycles. The van der Waals surface area contributed by atoms with Crippen molar-refractivity contribution >= 4 is 11.8 Å². The van der Waals surface area contributed by atoms with Gasteiger partial charge >= 0.3 is 0 Å². The van der Waals surface area contributed by atoms with Crippen LogP contribution in [-0.4, -0.2) is 124 Å². The minimum atomic E-state index is -0.843. The van der Waals surface area contributed by atoms with Crippen molar-refractivity contribution in [3.8, 4) is 6.07 Å². The zero-order valence-corrected chi connectivity index (χ0v) is 30.4. The molecule has 2 aromatic carbocycles. The quantitative estimate of drug-likeness (QED) is 0.340. The van der Waals surface area contributed by atoms with Gasteiger partial charge in [-0.25, -0.2) is 5.10 Å². The lowest BCUT2D eigenvalue weighted by atomic mass is 9.67. The minimum Gasteiger partial charge on any atom is -0.378 e. The number of hydrogen-bond donors (Lipinski definition) is 2. The van der Waals surface area contributed by atoms with Crippen LogP contribution in [0.2, 0.25) is 0 Å². The molecule has 4 aliphatic rings. The predicted octanol–water partition coefficient (Wildman–Crippen LogP) is 3.08. The number of carbonyl (C=O) groups is 2. The van der Waals surface area contributed by atoms with Gasteiger partial charge < -0.3 is 29.5 Å². The number of aryl methyl sites for hydroxylation is 2. The van der Waals surface area contributed by atoms with Crippen LogP contribution in [0.5, 0.6) is 0 Å². The standard InChI is InChI=1S/C39H49N9O4/c1-25-19-33(23-40)48(28(25)4)27(3)24-41-26(2)22-39(38-42-44-45-43-38)34-9-7-31(36(49)46-11-15-51-16-12-46)20-29(34)5-6-30-21-32(8-10-35(30)39)37(50)47-13-17-52-18-14-47/h7-10,20-21,25-26,28,33,41H,3,5-6,11-19,22,24H2,1-2,4H3,(H,42,43,44,45)/t25-,26+,28?,33?/m0/s1. The highest BCUT2D eigenvalue weighted by Crippen LogP contribution is 2.47. The zero-order valence-electron chi connectivity index (χ0n) is 30.4. The number of rotatable bonds is 9. The number of carbonyl (C=O) groups excluding carboxylic acids is 2. The van der Waals surface area contributed by atoms with Crippen LogP contribution in [0.25, 0.3) is 0 Å². The molecule has 274 valence electrons. The van der Waals surface area contributed by atoms with E-state index in [-0.39, 0.29) is 29.9 Å². The van der Waals surface area contributed by atoms with E-state index in [2.05, 4.69) is 76.4 Å². The number of amides is 2. The summed E-state index contributed by atoms with van der Waals surface area (Å²) in [5.41, 5.74) is 5.46. The van der Waals surface area contributed by atoms with E-state index in [1.165, 1.54) is 0 Å². The highest BCUT2D eigenvalue weighted by molar-refractivity contribution is 5.95. The second-order valence-electron chi connectivity index (χ2n) is 14.8. The normalized spacial score (nSPS) is 23.3. The van der Waals surface area contributed by atoms with Gasteiger partial charge in [0, 0.05) is 61.6 Å². The van der Waals surface area contributed by atoms with Crippen LogP contribution in [-0.2, 0) is 27.7 Å². The summed E-state index contributed by atoms with van der Waals surface area (Å²) >= 11 is 0. The van der Waals surface area contributed by atoms with Crippen molar-refractivity contribution in [3.05, 3.63) is 87.9 Å². The third-order valence-corrected chi connectivity index (χ3v) is 11.6. The fourth-order valence-corrected chi connectivity index (χ4v) is 8.68. The molecule has 2 unspecified atom stereocenters. The average molecular weight is 708 g/mol. The molecule has 3 aromatic rings. The summed E-state index contributed by atoms with van der Waals surface area (Å²) in [6.45, 7) is 15.8. The molecular weight excluding hydrogens is 658 g/mol. The van der Waals surface area contributed by atoms with Crippen LogP contribution in [0.4, 0.5) is 0 Å². The van der Waals surface area contributed by atoms with Gasteiger partial charge in [-0.3, -0.25) is 9.59 Å². The van der Waals surface area contributed by atoms with Crippen LogP contribution >= 0.6 is 0 Å². The summed E-state index contributed by atoms with van der Waals surface area (Å²) in [6, 6.07) is 14.5. The second-order valence-corrected chi connectivity index (χ2v) is 14.8. The van der Waals surface area contributed by atoms with Crippen molar-refractivity contribution in [2.45, 2.75) is 70.0 Å². The largest absolute Gasteiger partial charge is 0.378 e. The smallest absolute Gasteiger partial charge is 0.254 e.